The van der Waals surface area contributed by atoms with Gasteiger partial charge in [-0.1, -0.05) is 6.42 Å². The first-order valence-corrected chi connectivity index (χ1v) is 10.7. The van der Waals surface area contributed by atoms with Gasteiger partial charge in [-0.2, -0.15) is 0 Å². The summed E-state index contributed by atoms with van der Waals surface area (Å²) in [5.74, 6) is 0.509. The molecule has 6 nitrogen and oxygen atoms in total. The molecule has 156 valence electrons. The number of aromatic hydroxyl groups is 1. The summed E-state index contributed by atoms with van der Waals surface area (Å²) >= 11 is 0. The van der Waals surface area contributed by atoms with Crippen molar-refractivity contribution in [2.24, 2.45) is 5.92 Å². The summed E-state index contributed by atoms with van der Waals surface area (Å²) in [6.45, 7) is 4.95. The van der Waals surface area contributed by atoms with Crippen molar-refractivity contribution in [2.75, 3.05) is 26.7 Å². The van der Waals surface area contributed by atoms with Gasteiger partial charge in [0.05, 0.1) is 12.0 Å². The fraction of sp³-hybridized carbons (Fsp3) is 0.565. The molecule has 0 unspecified atom stereocenters. The van der Waals surface area contributed by atoms with Crippen LogP contribution in [0.25, 0.3) is 11.0 Å². The molecule has 2 aromatic rings. The van der Waals surface area contributed by atoms with Gasteiger partial charge in [-0.15, -0.1) is 0 Å². The Morgan fingerprint density at radius 2 is 2.03 bits per heavy atom. The molecule has 3 heterocycles. The number of phenols is 1. The summed E-state index contributed by atoms with van der Waals surface area (Å²) in [5.41, 5.74) is 0.993. The zero-order valence-corrected chi connectivity index (χ0v) is 17.3. The molecule has 0 radical (unpaired) electrons. The van der Waals surface area contributed by atoms with Gasteiger partial charge in [-0.05, 0) is 69.3 Å². The average molecular weight is 399 g/mol. The first-order valence-electron chi connectivity index (χ1n) is 10.7. The molecule has 0 saturated carbocycles. The van der Waals surface area contributed by atoms with E-state index in [2.05, 4.69) is 4.90 Å². The van der Waals surface area contributed by atoms with E-state index in [1.165, 1.54) is 51.3 Å². The van der Waals surface area contributed by atoms with Crippen LogP contribution < -0.4 is 5.63 Å². The highest BCUT2D eigenvalue weighted by atomic mass is 16.4. The van der Waals surface area contributed by atoms with Crippen LogP contribution in [0.2, 0.25) is 0 Å². The van der Waals surface area contributed by atoms with Gasteiger partial charge in [0.25, 0.3) is 0 Å². The highest BCUT2D eigenvalue weighted by Crippen LogP contribution is 2.31. The minimum absolute atomic E-state index is 0.0442. The van der Waals surface area contributed by atoms with E-state index in [-0.39, 0.29) is 18.1 Å². The Morgan fingerprint density at radius 1 is 1.24 bits per heavy atom. The van der Waals surface area contributed by atoms with Gasteiger partial charge in [-0.3, -0.25) is 4.79 Å². The molecule has 6 heteroatoms. The number of nitrogens with zero attached hydrogens (tertiary/aromatic N) is 2. The van der Waals surface area contributed by atoms with Crippen LogP contribution in [0.3, 0.4) is 0 Å². The van der Waals surface area contributed by atoms with Crippen LogP contribution in [0.15, 0.2) is 27.4 Å². The Hall–Kier alpha value is -2.34. The van der Waals surface area contributed by atoms with Crippen LogP contribution in [0.5, 0.6) is 5.75 Å². The lowest BCUT2D eigenvalue weighted by Crippen LogP contribution is -2.51. The SMILES string of the molecule is Cc1c(CC(=O)N(C)C[C@@H]2CCCN3CCCC[C@H]23)c(=O)oc2cc(O)ccc12. The molecular weight excluding hydrogens is 368 g/mol. The molecule has 2 aliphatic heterocycles. The van der Waals surface area contributed by atoms with Gasteiger partial charge < -0.3 is 19.3 Å². The second-order valence-corrected chi connectivity index (χ2v) is 8.63. The molecule has 2 aliphatic rings. The fourth-order valence-corrected chi connectivity index (χ4v) is 5.12. The lowest BCUT2D eigenvalue weighted by atomic mass is 9.83. The van der Waals surface area contributed by atoms with Gasteiger partial charge in [0, 0.05) is 31.1 Å². The maximum absolute atomic E-state index is 12.9. The van der Waals surface area contributed by atoms with Crippen LogP contribution in [-0.2, 0) is 11.2 Å². The molecule has 2 saturated heterocycles. The monoisotopic (exact) mass is 398 g/mol. The smallest absolute Gasteiger partial charge is 0.340 e. The van der Waals surface area contributed by atoms with E-state index in [9.17, 15) is 14.7 Å². The molecule has 1 amide bonds. The topological polar surface area (TPSA) is 74.0 Å². The minimum atomic E-state index is -0.501. The van der Waals surface area contributed by atoms with Crippen molar-refractivity contribution < 1.29 is 14.3 Å². The lowest BCUT2D eigenvalue weighted by molar-refractivity contribution is -0.130. The molecule has 4 rings (SSSR count). The van der Waals surface area contributed by atoms with E-state index in [4.69, 9.17) is 4.42 Å². The number of fused-ring (bicyclic) bond motifs is 2. The van der Waals surface area contributed by atoms with Crippen LogP contribution in [-0.4, -0.2) is 53.5 Å². The number of benzene rings is 1. The van der Waals surface area contributed by atoms with Crippen molar-refractivity contribution in [3.63, 3.8) is 0 Å². The lowest BCUT2D eigenvalue weighted by Gasteiger charge is -2.45. The number of likely N-dealkylation sites (N-methyl/N-ethyl adjacent to an activating group) is 1. The number of amides is 1. The van der Waals surface area contributed by atoms with Crippen molar-refractivity contribution in [1.29, 1.82) is 0 Å². The third-order valence-electron chi connectivity index (χ3n) is 6.76. The number of rotatable bonds is 4. The second kappa shape index (κ2) is 8.19. The maximum atomic E-state index is 12.9. The number of piperidine rings is 2. The molecular formula is C23H30N2O4. The molecule has 2 atom stereocenters. The Kier molecular flexibility index (Phi) is 5.63. The molecule has 1 N–H and O–H groups in total. The molecule has 1 aromatic carbocycles. The zero-order chi connectivity index (χ0) is 20.5. The summed E-state index contributed by atoms with van der Waals surface area (Å²) in [4.78, 5) is 29.8. The van der Waals surface area contributed by atoms with Gasteiger partial charge in [0.1, 0.15) is 11.3 Å². The number of hydrogen-bond acceptors (Lipinski definition) is 5. The van der Waals surface area contributed by atoms with Crippen LogP contribution >= 0.6 is 0 Å². The highest BCUT2D eigenvalue weighted by molar-refractivity contribution is 5.85. The number of carbonyl (C=O) groups excluding carboxylic acids is 1. The summed E-state index contributed by atoms with van der Waals surface area (Å²) in [5, 5.41) is 10.4. The van der Waals surface area contributed by atoms with Crippen molar-refractivity contribution in [1.82, 2.24) is 9.80 Å². The third-order valence-corrected chi connectivity index (χ3v) is 6.76. The van der Waals surface area contributed by atoms with E-state index >= 15 is 0 Å². The quantitative estimate of drug-likeness (QED) is 0.802. The van der Waals surface area contributed by atoms with Crippen molar-refractivity contribution in [3.05, 3.63) is 39.7 Å². The Labute approximate surface area is 171 Å². The Bertz CT molecular complexity index is 965. The van der Waals surface area contributed by atoms with Crippen LogP contribution in [0, 0.1) is 12.8 Å². The summed E-state index contributed by atoms with van der Waals surface area (Å²) in [6.07, 6.45) is 6.20. The van der Waals surface area contributed by atoms with Gasteiger partial charge in [0.15, 0.2) is 0 Å². The van der Waals surface area contributed by atoms with Gasteiger partial charge in [-0.25, -0.2) is 4.79 Å². The fourth-order valence-electron chi connectivity index (χ4n) is 5.12. The second-order valence-electron chi connectivity index (χ2n) is 8.63. The van der Waals surface area contributed by atoms with E-state index in [1.807, 2.05) is 14.0 Å². The van der Waals surface area contributed by atoms with Gasteiger partial charge in [0.2, 0.25) is 5.91 Å². The summed E-state index contributed by atoms with van der Waals surface area (Å²) < 4.78 is 5.36. The van der Waals surface area contributed by atoms with E-state index in [0.29, 0.717) is 23.1 Å². The summed E-state index contributed by atoms with van der Waals surface area (Å²) in [7, 11) is 1.85. The van der Waals surface area contributed by atoms with Crippen molar-refractivity contribution in [3.8, 4) is 5.75 Å². The average Bonchev–Trinajstić information content (AvgIpc) is 2.71. The third kappa shape index (κ3) is 4.04. The number of carbonyl (C=O) groups is 1. The van der Waals surface area contributed by atoms with E-state index in [1.54, 1.807) is 17.0 Å². The predicted octanol–water partition coefficient (Wildman–Crippen LogP) is 3.07. The first-order chi connectivity index (χ1) is 13.9. The van der Waals surface area contributed by atoms with Crippen molar-refractivity contribution in [2.45, 2.75) is 51.5 Å². The maximum Gasteiger partial charge on any atom is 0.340 e. The Balaban J connectivity index is 1.49. The molecule has 0 spiro atoms. The molecule has 1 aromatic heterocycles. The Morgan fingerprint density at radius 3 is 2.86 bits per heavy atom. The van der Waals surface area contributed by atoms with E-state index in [0.717, 1.165) is 17.5 Å². The van der Waals surface area contributed by atoms with Gasteiger partial charge >= 0.3 is 5.63 Å². The summed E-state index contributed by atoms with van der Waals surface area (Å²) in [6, 6.07) is 5.31. The standard InChI is InChI=1S/C23H30N2O4/c1-15-18-9-8-17(26)12-21(18)29-23(28)19(15)13-22(27)24(2)14-16-6-5-11-25-10-4-3-7-20(16)25/h8-9,12,16,20,26H,3-7,10-11,13-14H2,1-2H3/t16-,20+/m0/s1. The predicted molar refractivity (Wildman–Crippen MR) is 112 cm³/mol. The number of phenolic OH excluding ortho intramolecular Hbond substituents is 1. The number of hydrogen-bond donors (Lipinski definition) is 1. The van der Waals surface area contributed by atoms with E-state index < -0.39 is 5.63 Å². The highest BCUT2D eigenvalue weighted by Gasteiger charge is 2.34. The minimum Gasteiger partial charge on any atom is -0.508 e. The molecule has 2 fully saturated rings. The first kappa shape index (κ1) is 20.0. The normalized spacial score (nSPS) is 22.4. The largest absolute Gasteiger partial charge is 0.508 e. The van der Waals surface area contributed by atoms with Crippen LogP contribution in [0.1, 0.15) is 43.2 Å². The van der Waals surface area contributed by atoms with Crippen LogP contribution in [0.4, 0.5) is 0 Å². The molecule has 0 bridgehead atoms. The zero-order valence-electron chi connectivity index (χ0n) is 17.3. The number of aryl methyl sites for hydroxylation is 1. The van der Waals surface area contributed by atoms with Crippen molar-refractivity contribution >= 4 is 16.9 Å². The molecule has 0 aliphatic carbocycles. The molecule has 29 heavy (non-hydrogen) atoms.